The van der Waals surface area contributed by atoms with E-state index in [0.29, 0.717) is 5.69 Å². The number of nitrogens with zero attached hydrogens (tertiary/aromatic N) is 4. The van der Waals surface area contributed by atoms with Crippen LogP contribution in [0.4, 0.5) is 0 Å². The lowest BCUT2D eigenvalue weighted by Gasteiger charge is -2.34. The normalized spacial score (nSPS) is 15.9. The minimum absolute atomic E-state index is 0.0403. The summed E-state index contributed by atoms with van der Waals surface area (Å²) < 4.78 is 2.05. The molecule has 0 radical (unpaired) electrons. The van der Waals surface area contributed by atoms with E-state index in [4.69, 9.17) is 4.98 Å². The lowest BCUT2D eigenvalue weighted by Crippen LogP contribution is -2.48. The van der Waals surface area contributed by atoms with Crippen LogP contribution in [0, 0.1) is 0 Å². The molecular formula is C23H28N4O. The Kier molecular flexibility index (Phi) is 4.94. The van der Waals surface area contributed by atoms with Crippen LogP contribution in [0.2, 0.25) is 0 Å². The third kappa shape index (κ3) is 3.67. The van der Waals surface area contributed by atoms with E-state index < -0.39 is 0 Å². The molecule has 3 aromatic rings. The van der Waals surface area contributed by atoms with Crippen molar-refractivity contribution in [1.29, 1.82) is 0 Å². The van der Waals surface area contributed by atoms with Crippen LogP contribution in [-0.4, -0.2) is 51.3 Å². The van der Waals surface area contributed by atoms with Crippen molar-refractivity contribution in [2.75, 3.05) is 26.2 Å². The molecule has 5 heteroatoms. The Hall–Kier alpha value is -2.66. The number of hydrogen-bond donors (Lipinski definition) is 0. The largest absolute Gasteiger partial charge is 0.335 e. The molecule has 5 nitrogen and oxygen atoms in total. The van der Waals surface area contributed by atoms with Crippen molar-refractivity contribution in [3.63, 3.8) is 0 Å². The highest BCUT2D eigenvalue weighted by Crippen LogP contribution is 2.25. The fourth-order valence-corrected chi connectivity index (χ4v) is 3.82. The number of carbonyl (C=O) groups is 1. The molecule has 0 bridgehead atoms. The second kappa shape index (κ2) is 7.40. The lowest BCUT2D eigenvalue weighted by atomic mass is 9.96. The molecule has 28 heavy (non-hydrogen) atoms. The fraction of sp³-hybridized carbons (Fsp3) is 0.391. The van der Waals surface area contributed by atoms with Gasteiger partial charge in [-0.05, 0) is 17.7 Å². The number of imidazole rings is 1. The Morgan fingerprint density at radius 1 is 0.964 bits per heavy atom. The summed E-state index contributed by atoms with van der Waals surface area (Å²) in [6.07, 6.45) is 2.00. The zero-order valence-electron chi connectivity index (χ0n) is 16.9. The molecule has 4 rings (SSSR count). The van der Waals surface area contributed by atoms with E-state index in [1.165, 1.54) is 5.56 Å². The van der Waals surface area contributed by atoms with Crippen LogP contribution in [0.25, 0.3) is 5.52 Å². The first-order valence-corrected chi connectivity index (χ1v) is 9.96. The first-order valence-electron chi connectivity index (χ1n) is 9.96. The van der Waals surface area contributed by atoms with Gasteiger partial charge in [0.05, 0.1) is 5.52 Å². The summed E-state index contributed by atoms with van der Waals surface area (Å²) in [5, 5.41) is 0. The molecule has 0 atom stereocenters. The number of aromatic nitrogens is 2. The highest BCUT2D eigenvalue weighted by molar-refractivity contribution is 5.99. The van der Waals surface area contributed by atoms with E-state index in [1.807, 2.05) is 35.4 Å². The summed E-state index contributed by atoms with van der Waals surface area (Å²) in [6.45, 7) is 10.6. The summed E-state index contributed by atoms with van der Waals surface area (Å²) in [4.78, 5) is 22.4. The second-order valence-corrected chi connectivity index (χ2v) is 8.54. The maximum absolute atomic E-state index is 13.3. The van der Waals surface area contributed by atoms with Crippen LogP contribution < -0.4 is 0 Å². The highest BCUT2D eigenvalue weighted by Gasteiger charge is 2.29. The molecule has 0 unspecified atom stereocenters. The standard InChI is InChI=1S/C23H28N4O/c1-23(2,3)22-24-20(19-11-7-8-12-27(19)22)21(28)26-15-13-25(14-16-26)17-18-9-5-4-6-10-18/h4-12H,13-17H2,1-3H3. The van der Waals surface area contributed by atoms with Gasteiger partial charge >= 0.3 is 0 Å². The maximum Gasteiger partial charge on any atom is 0.274 e. The van der Waals surface area contributed by atoms with Gasteiger partial charge in [0.2, 0.25) is 0 Å². The maximum atomic E-state index is 13.3. The number of hydrogen-bond acceptors (Lipinski definition) is 3. The Balaban J connectivity index is 1.50. The minimum atomic E-state index is -0.128. The zero-order valence-corrected chi connectivity index (χ0v) is 16.9. The van der Waals surface area contributed by atoms with Crippen LogP contribution >= 0.6 is 0 Å². The van der Waals surface area contributed by atoms with Gasteiger partial charge in [-0.3, -0.25) is 9.69 Å². The molecule has 1 aliphatic rings. The molecule has 1 aliphatic heterocycles. The molecule has 0 saturated carbocycles. The van der Waals surface area contributed by atoms with Gasteiger partial charge < -0.3 is 9.30 Å². The van der Waals surface area contributed by atoms with Gasteiger partial charge in [0, 0.05) is 44.3 Å². The van der Waals surface area contributed by atoms with Crippen LogP contribution in [-0.2, 0) is 12.0 Å². The number of benzene rings is 1. The summed E-state index contributed by atoms with van der Waals surface area (Å²) in [6, 6.07) is 16.4. The van der Waals surface area contributed by atoms with Gasteiger partial charge in [0.25, 0.3) is 5.91 Å². The predicted octanol–water partition coefficient (Wildman–Crippen LogP) is 3.59. The number of amides is 1. The zero-order chi connectivity index (χ0) is 19.7. The quantitative estimate of drug-likeness (QED) is 0.701. The topological polar surface area (TPSA) is 40.9 Å². The van der Waals surface area contributed by atoms with E-state index in [-0.39, 0.29) is 11.3 Å². The molecule has 1 amide bonds. The van der Waals surface area contributed by atoms with Gasteiger partial charge in [-0.15, -0.1) is 0 Å². The van der Waals surface area contributed by atoms with E-state index in [2.05, 4.69) is 54.3 Å². The number of carbonyl (C=O) groups excluding carboxylic acids is 1. The van der Waals surface area contributed by atoms with Crippen LogP contribution in [0.5, 0.6) is 0 Å². The SMILES string of the molecule is CC(C)(C)c1nc(C(=O)N2CCN(Cc3ccccc3)CC2)c2ccccn12. The van der Waals surface area contributed by atoms with Crippen LogP contribution in [0.1, 0.15) is 42.6 Å². The first kappa shape index (κ1) is 18.7. The Morgan fingerprint density at radius 3 is 2.32 bits per heavy atom. The summed E-state index contributed by atoms with van der Waals surface area (Å²) >= 11 is 0. The van der Waals surface area contributed by atoms with E-state index in [0.717, 1.165) is 44.1 Å². The van der Waals surface area contributed by atoms with Crippen molar-refractivity contribution in [3.8, 4) is 0 Å². The number of rotatable bonds is 3. The molecule has 0 spiro atoms. The van der Waals surface area contributed by atoms with Crippen molar-refractivity contribution in [1.82, 2.24) is 19.2 Å². The van der Waals surface area contributed by atoms with E-state index >= 15 is 0 Å². The third-order valence-electron chi connectivity index (χ3n) is 5.33. The van der Waals surface area contributed by atoms with Gasteiger partial charge in [-0.25, -0.2) is 4.98 Å². The third-order valence-corrected chi connectivity index (χ3v) is 5.33. The smallest absolute Gasteiger partial charge is 0.274 e. The second-order valence-electron chi connectivity index (χ2n) is 8.54. The van der Waals surface area contributed by atoms with Crippen LogP contribution in [0.3, 0.4) is 0 Å². The summed E-state index contributed by atoms with van der Waals surface area (Å²) in [7, 11) is 0. The van der Waals surface area contributed by atoms with Crippen LogP contribution in [0.15, 0.2) is 54.7 Å². The Labute approximate surface area is 166 Å². The molecule has 2 aromatic heterocycles. The van der Waals surface area contributed by atoms with Crippen molar-refractivity contribution in [3.05, 3.63) is 71.8 Å². The molecular weight excluding hydrogens is 348 g/mol. The Morgan fingerprint density at radius 2 is 1.64 bits per heavy atom. The summed E-state index contributed by atoms with van der Waals surface area (Å²) in [5.41, 5.74) is 2.65. The minimum Gasteiger partial charge on any atom is -0.335 e. The highest BCUT2D eigenvalue weighted by atomic mass is 16.2. The first-order chi connectivity index (χ1) is 13.4. The Bertz CT molecular complexity index is 963. The van der Waals surface area contributed by atoms with Crippen molar-refractivity contribution in [2.24, 2.45) is 0 Å². The van der Waals surface area contributed by atoms with Gasteiger partial charge in [-0.1, -0.05) is 57.2 Å². The van der Waals surface area contributed by atoms with Gasteiger partial charge in [-0.2, -0.15) is 0 Å². The van der Waals surface area contributed by atoms with Crippen molar-refractivity contribution < 1.29 is 4.79 Å². The number of pyridine rings is 1. The van der Waals surface area contributed by atoms with Crippen molar-refractivity contribution in [2.45, 2.75) is 32.7 Å². The van der Waals surface area contributed by atoms with E-state index in [1.54, 1.807) is 0 Å². The molecule has 1 aromatic carbocycles. The molecule has 3 heterocycles. The van der Waals surface area contributed by atoms with Gasteiger partial charge in [0.1, 0.15) is 5.82 Å². The number of fused-ring (bicyclic) bond motifs is 1. The summed E-state index contributed by atoms with van der Waals surface area (Å²) in [5.74, 6) is 0.965. The lowest BCUT2D eigenvalue weighted by molar-refractivity contribution is 0.0625. The fourth-order valence-electron chi connectivity index (χ4n) is 3.82. The average Bonchev–Trinajstić information content (AvgIpc) is 3.09. The molecule has 1 saturated heterocycles. The molecule has 0 aliphatic carbocycles. The average molecular weight is 377 g/mol. The molecule has 1 fully saturated rings. The predicted molar refractivity (Wildman–Crippen MR) is 112 cm³/mol. The molecule has 0 N–H and O–H groups in total. The molecule has 146 valence electrons. The monoisotopic (exact) mass is 376 g/mol. The van der Waals surface area contributed by atoms with Gasteiger partial charge in [0.15, 0.2) is 5.69 Å². The van der Waals surface area contributed by atoms with E-state index in [9.17, 15) is 4.79 Å². The number of piperazine rings is 1. The van der Waals surface area contributed by atoms with Crippen molar-refractivity contribution >= 4 is 11.4 Å².